The lowest BCUT2D eigenvalue weighted by atomic mass is 9.87. The Morgan fingerprint density at radius 2 is 1.88 bits per heavy atom. The molecule has 1 unspecified atom stereocenters. The van der Waals surface area contributed by atoms with Gasteiger partial charge in [0.05, 0.1) is 0 Å². The van der Waals surface area contributed by atoms with Crippen LogP contribution in [0.2, 0.25) is 0 Å². The summed E-state index contributed by atoms with van der Waals surface area (Å²) in [5.41, 5.74) is 0.230. The molecule has 0 aliphatic carbocycles. The Hall–Kier alpha value is 0.190. The average molecular weight is 249 g/mol. The first-order valence-electron chi connectivity index (χ1n) is 5.75. The van der Waals surface area contributed by atoms with Crippen LogP contribution >= 0.6 is 12.2 Å². The molecule has 0 aliphatic rings. The lowest BCUT2D eigenvalue weighted by molar-refractivity contribution is -0.0309. The molecule has 0 fully saturated rings. The number of hydroxylamine groups is 2. The summed E-state index contributed by atoms with van der Waals surface area (Å²) in [6, 6.07) is 0.407. The second kappa shape index (κ2) is 7.50. The van der Waals surface area contributed by atoms with Crippen LogP contribution in [-0.2, 0) is 4.28 Å². The lowest BCUT2D eigenvalue weighted by Gasteiger charge is -2.33. The summed E-state index contributed by atoms with van der Waals surface area (Å²) in [7, 11) is 5.97. The maximum atomic E-state index is 5.56. The summed E-state index contributed by atoms with van der Waals surface area (Å²) in [5.74, 6) is 0. The summed E-state index contributed by atoms with van der Waals surface area (Å²) < 4.78 is 7.60. The Morgan fingerprint density at radius 1 is 1.31 bits per heavy atom. The third-order valence-corrected chi connectivity index (χ3v) is 3.40. The van der Waals surface area contributed by atoms with E-state index in [2.05, 4.69) is 33.0 Å². The Balaban J connectivity index is 3.97. The van der Waals surface area contributed by atoms with Crippen LogP contribution in [-0.4, -0.2) is 49.6 Å². The van der Waals surface area contributed by atoms with Crippen LogP contribution < -0.4 is 5.32 Å². The smallest absolute Gasteiger partial charge is 0.105 e. The van der Waals surface area contributed by atoms with Gasteiger partial charge in [0.15, 0.2) is 0 Å². The number of likely N-dealkylation sites (N-methyl/N-ethyl adjacent to an activating group) is 2. The molecular weight excluding hydrogens is 222 g/mol. The topological polar surface area (TPSA) is 27.7 Å². The van der Waals surface area contributed by atoms with E-state index >= 15 is 0 Å². The SMILES string of the molecule is CCN(C)SON(C)CC(NC)C(C)(C)C. The van der Waals surface area contributed by atoms with Crippen molar-refractivity contribution in [3.05, 3.63) is 0 Å². The van der Waals surface area contributed by atoms with Crippen molar-refractivity contribution in [3.63, 3.8) is 0 Å². The van der Waals surface area contributed by atoms with Crippen LogP contribution in [0.1, 0.15) is 27.7 Å². The van der Waals surface area contributed by atoms with Crippen molar-refractivity contribution in [1.82, 2.24) is 14.7 Å². The first-order chi connectivity index (χ1) is 7.31. The predicted molar refractivity (Wildman–Crippen MR) is 71.9 cm³/mol. The molecule has 0 radical (unpaired) electrons. The van der Waals surface area contributed by atoms with Gasteiger partial charge < -0.3 is 5.32 Å². The molecule has 4 nitrogen and oxygen atoms in total. The number of hydrogen-bond donors (Lipinski definition) is 1. The van der Waals surface area contributed by atoms with Gasteiger partial charge in [-0.05, 0) is 19.5 Å². The van der Waals surface area contributed by atoms with Gasteiger partial charge in [0, 0.05) is 26.2 Å². The van der Waals surface area contributed by atoms with E-state index < -0.39 is 0 Å². The minimum absolute atomic E-state index is 0.230. The third-order valence-electron chi connectivity index (χ3n) is 2.57. The van der Waals surface area contributed by atoms with E-state index in [0.717, 1.165) is 13.1 Å². The molecule has 0 heterocycles. The average Bonchev–Trinajstić information content (AvgIpc) is 2.20. The first kappa shape index (κ1) is 16.2. The molecule has 1 atom stereocenters. The van der Waals surface area contributed by atoms with E-state index in [0.29, 0.717) is 6.04 Å². The third kappa shape index (κ3) is 6.70. The molecule has 0 aliphatic heterocycles. The molecule has 0 rings (SSSR count). The summed E-state index contributed by atoms with van der Waals surface area (Å²) >= 11 is 1.38. The van der Waals surface area contributed by atoms with E-state index in [-0.39, 0.29) is 5.41 Å². The van der Waals surface area contributed by atoms with Gasteiger partial charge in [0.25, 0.3) is 0 Å². The van der Waals surface area contributed by atoms with Crippen LogP contribution in [0.3, 0.4) is 0 Å². The van der Waals surface area contributed by atoms with Crippen LogP contribution in [0.25, 0.3) is 0 Å². The molecule has 0 aromatic carbocycles. The standard InChI is InChI=1S/C11H27N3OS/c1-8-14(7)16-15-13(6)9-10(12-5)11(2,3)4/h10,12H,8-9H2,1-7H3. The largest absolute Gasteiger partial charge is 0.315 e. The van der Waals surface area contributed by atoms with Gasteiger partial charge in [-0.1, -0.05) is 27.7 Å². The number of nitrogens with zero attached hydrogens (tertiary/aromatic N) is 2. The summed E-state index contributed by atoms with van der Waals surface area (Å²) in [6.07, 6.45) is 0. The zero-order chi connectivity index (χ0) is 12.8. The molecule has 0 aromatic heterocycles. The van der Waals surface area contributed by atoms with E-state index in [9.17, 15) is 0 Å². The normalized spacial score (nSPS) is 14.8. The number of nitrogens with one attached hydrogen (secondary N) is 1. The summed E-state index contributed by atoms with van der Waals surface area (Å²) in [4.78, 5) is 0. The fourth-order valence-corrected chi connectivity index (χ4v) is 1.65. The monoisotopic (exact) mass is 249 g/mol. The molecule has 98 valence electrons. The number of hydrogen-bond acceptors (Lipinski definition) is 5. The molecular formula is C11H27N3OS. The van der Waals surface area contributed by atoms with Gasteiger partial charge >= 0.3 is 0 Å². The zero-order valence-electron chi connectivity index (χ0n) is 11.7. The predicted octanol–water partition coefficient (Wildman–Crippen LogP) is 2.00. The van der Waals surface area contributed by atoms with Gasteiger partial charge in [-0.15, -0.1) is 0 Å². The summed E-state index contributed by atoms with van der Waals surface area (Å²) in [5, 5.41) is 5.21. The van der Waals surface area contributed by atoms with Gasteiger partial charge in [0.2, 0.25) is 0 Å². The molecule has 0 aromatic rings. The Morgan fingerprint density at radius 3 is 2.25 bits per heavy atom. The van der Waals surface area contributed by atoms with Crippen molar-refractivity contribution in [2.24, 2.45) is 5.41 Å². The van der Waals surface area contributed by atoms with Crippen LogP contribution in [0.4, 0.5) is 0 Å². The molecule has 0 saturated heterocycles. The van der Waals surface area contributed by atoms with Crippen LogP contribution in [0, 0.1) is 5.41 Å². The van der Waals surface area contributed by atoms with Crippen molar-refractivity contribution < 1.29 is 4.28 Å². The molecule has 0 bridgehead atoms. The number of rotatable bonds is 7. The van der Waals surface area contributed by atoms with Crippen LogP contribution in [0.5, 0.6) is 0 Å². The second-order valence-electron chi connectivity index (χ2n) is 5.11. The highest BCUT2D eigenvalue weighted by molar-refractivity contribution is 7.92. The molecule has 1 N–H and O–H groups in total. The highest BCUT2D eigenvalue weighted by Gasteiger charge is 2.24. The Kier molecular flexibility index (Phi) is 7.59. The fourth-order valence-electron chi connectivity index (χ4n) is 1.25. The van der Waals surface area contributed by atoms with Gasteiger partial charge in [-0.2, -0.15) is 5.06 Å². The van der Waals surface area contributed by atoms with Gasteiger partial charge in [-0.3, -0.25) is 0 Å². The van der Waals surface area contributed by atoms with E-state index in [1.54, 1.807) is 0 Å². The van der Waals surface area contributed by atoms with E-state index in [1.165, 1.54) is 12.2 Å². The molecule has 5 heteroatoms. The fraction of sp³-hybridized carbons (Fsp3) is 1.00. The van der Waals surface area contributed by atoms with Crippen LogP contribution in [0.15, 0.2) is 0 Å². The lowest BCUT2D eigenvalue weighted by Crippen LogP contribution is -2.45. The Bertz CT molecular complexity index is 185. The highest BCUT2D eigenvalue weighted by Crippen LogP contribution is 2.20. The van der Waals surface area contributed by atoms with Crippen molar-refractivity contribution >= 4 is 12.2 Å². The van der Waals surface area contributed by atoms with Crippen molar-refractivity contribution in [3.8, 4) is 0 Å². The van der Waals surface area contributed by atoms with Crippen molar-refractivity contribution in [1.29, 1.82) is 0 Å². The Labute approximate surface area is 105 Å². The second-order valence-corrected chi connectivity index (χ2v) is 6.03. The maximum absolute atomic E-state index is 5.56. The van der Waals surface area contributed by atoms with Gasteiger partial charge in [-0.25, -0.2) is 8.59 Å². The van der Waals surface area contributed by atoms with Crippen molar-refractivity contribution in [2.45, 2.75) is 33.7 Å². The van der Waals surface area contributed by atoms with E-state index in [4.69, 9.17) is 4.28 Å². The maximum Gasteiger partial charge on any atom is 0.105 e. The molecule has 0 amide bonds. The first-order valence-corrected chi connectivity index (χ1v) is 6.45. The highest BCUT2D eigenvalue weighted by atomic mass is 32.2. The molecule has 0 spiro atoms. The minimum Gasteiger partial charge on any atom is -0.315 e. The summed E-state index contributed by atoms with van der Waals surface area (Å²) in [6.45, 7) is 10.6. The zero-order valence-corrected chi connectivity index (χ0v) is 12.5. The minimum atomic E-state index is 0.230. The van der Waals surface area contributed by atoms with Gasteiger partial charge in [0.1, 0.15) is 12.2 Å². The molecule has 0 saturated carbocycles. The molecule has 16 heavy (non-hydrogen) atoms. The van der Waals surface area contributed by atoms with E-state index in [1.807, 2.05) is 30.5 Å². The quantitative estimate of drug-likeness (QED) is 0.423. The van der Waals surface area contributed by atoms with Crippen molar-refractivity contribution in [2.75, 3.05) is 34.2 Å².